The molecule has 1 nitrogen and oxygen atoms in total. The molecule has 0 saturated carbocycles. The predicted octanol–water partition coefficient (Wildman–Crippen LogP) is 4.64. The van der Waals surface area contributed by atoms with Crippen LogP contribution < -0.4 is 4.67 Å². The minimum atomic E-state index is -0.187. The van der Waals surface area contributed by atoms with Crippen LogP contribution in [-0.2, 0) is 5.41 Å². The minimum absolute atomic E-state index is 0.187. The molecule has 3 aromatic carbocycles. The first-order chi connectivity index (χ1) is 11.7. The van der Waals surface area contributed by atoms with Crippen LogP contribution in [-0.4, -0.2) is 11.9 Å². The Hall–Kier alpha value is -2.89. The summed E-state index contributed by atoms with van der Waals surface area (Å²) >= 11 is 0. The number of hydrogen-bond acceptors (Lipinski definition) is 0. The fourth-order valence-electron chi connectivity index (χ4n) is 2.86. The second-order valence-electron chi connectivity index (χ2n) is 6.37. The lowest BCUT2D eigenvalue weighted by atomic mass is 9.77. The molecule has 0 radical (unpaired) electrons. The van der Waals surface area contributed by atoms with E-state index in [4.69, 9.17) is 4.67 Å². The Bertz CT molecular complexity index is 840. The normalized spacial score (nSPS) is 10.8. The molecule has 0 aliphatic rings. The van der Waals surface area contributed by atoms with Crippen LogP contribution in [0.25, 0.3) is 0 Å². The van der Waals surface area contributed by atoms with Gasteiger partial charge in [0, 0.05) is 0 Å². The average Bonchev–Trinajstić information content (AvgIpc) is 2.64. The molecule has 0 unspecified atom stereocenters. The Balaban J connectivity index is 2.15. The maximum absolute atomic E-state index is 4.90. The Morgan fingerprint density at radius 2 is 1.21 bits per heavy atom. The van der Waals surface area contributed by atoms with Gasteiger partial charge in [-0.25, -0.2) is 0 Å². The van der Waals surface area contributed by atoms with Gasteiger partial charge < -0.3 is 0 Å². The van der Waals surface area contributed by atoms with Crippen molar-refractivity contribution < 1.29 is 0 Å². The van der Waals surface area contributed by atoms with E-state index >= 15 is 0 Å². The molecule has 3 aromatic rings. The zero-order valence-electron chi connectivity index (χ0n) is 14.2. The highest BCUT2D eigenvalue weighted by Crippen LogP contribution is 2.26. The Labute approximate surface area is 144 Å². The molecule has 0 atom stereocenters. The van der Waals surface area contributed by atoms with Crippen LogP contribution in [0.15, 0.2) is 91.0 Å². The Morgan fingerprint density at radius 3 is 1.79 bits per heavy atom. The molecular formula is C23H22N+. The van der Waals surface area contributed by atoms with Gasteiger partial charge in [-0.15, -0.1) is 0 Å². The van der Waals surface area contributed by atoms with Gasteiger partial charge in [0.2, 0.25) is 0 Å². The maximum atomic E-state index is 4.90. The van der Waals surface area contributed by atoms with Crippen molar-refractivity contribution in [2.75, 3.05) is 0 Å². The molecule has 0 aromatic heterocycles. The van der Waals surface area contributed by atoms with Crippen molar-refractivity contribution in [1.82, 2.24) is 4.67 Å². The van der Waals surface area contributed by atoms with E-state index in [0.717, 1.165) is 16.8 Å². The van der Waals surface area contributed by atoms with Crippen LogP contribution >= 0.6 is 0 Å². The average molecular weight is 312 g/mol. The van der Waals surface area contributed by atoms with Crippen molar-refractivity contribution in [3.8, 4) is 0 Å². The quantitative estimate of drug-likeness (QED) is 0.492. The number of hydrogen-bond donors (Lipinski definition) is 0. The molecular weight excluding hydrogens is 290 g/mol. The summed E-state index contributed by atoms with van der Waals surface area (Å²) in [7, 11) is 0. The molecule has 0 saturated heterocycles. The molecule has 0 spiro atoms. The summed E-state index contributed by atoms with van der Waals surface area (Å²) in [6, 6.07) is 31.2. The van der Waals surface area contributed by atoms with E-state index in [1.54, 1.807) is 0 Å². The van der Waals surface area contributed by atoms with Crippen LogP contribution in [0.1, 0.15) is 30.5 Å². The molecule has 24 heavy (non-hydrogen) atoms. The van der Waals surface area contributed by atoms with Gasteiger partial charge in [0.1, 0.15) is 0 Å². The summed E-state index contributed by atoms with van der Waals surface area (Å²) in [6.45, 7) is 4.46. The summed E-state index contributed by atoms with van der Waals surface area (Å²) < 4.78 is 4.90. The lowest BCUT2D eigenvalue weighted by molar-refractivity contribution is 0.717. The van der Waals surface area contributed by atoms with Gasteiger partial charge in [-0.2, -0.15) is 0 Å². The summed E-state index contributed by atoms with van der Waals surface area (Å²) in [4.78, 5) is 0. The maximum Gasteiger partial charge on any atom is 0.320 e. The van der Waals surface area contributed by atoms with E-state index < -0.39 is 0 Å². The standard InChI is InChI=1S/C23H22N/c1-23(2,21-16-10-5-11-17-21)22(20-14-8-4-9-15-20)24-18-19-12-6-3-7-13-19/h3-18H,1-2H3/q+1. The van der Waals surface area contributed by atoms with Gasteiger partial charge in [-0.1, -0.05) is 71.4 Å². The zero-order chi connectivity index (χ0) is 16.8. The highest BCUT2D eigenvalue weighted by Gasteiger charge is 2.36. The SMILES string of the molecule is CC(C)(C(=[N+]=Cc1ccccc1)c1ccccc1)c1ccccc1. The molecule has 118 valence electrons. The highest BCUT2D eigenvalue weighted by atomic mass is 14.6. The van der Waals surface area contributed by atoms with E-state index in [1.807, 2.05) is 30.5 Å². The predicted molar refractivity (Wildman–Crippen MR) is 104 cm³/mol. The lowest BCUT2D eigenvalue weighted by Gasteiger charge is -2.20. The number of benzene rings is 3. The topological polar surface area (TPSA) is 14.1 Å². The minimum Gasteiger partial charge on any atom is -0.0952 e. The van der Waals surface area contributed by atoms with Gasteiger partial charge in [0.25, 0.3) is 6.21 Å². The monoisotopic (exact) mass is 312 g/mol. The third kappa shape index (κ3) is 3.53. The van der Waals surface area contributed by atoms with Crippen LogP contribution in [0.5, 0.6) is 0 Å². The number of nitrogens with zero attached hydrogens (tertiary/aromatic N) is 1. The Kier molecular flexibility index (Phi) is 4.74. The molecule has 0 bridgehead atoms. The van der Waals surface area contributed by atoms with Crippen LogP contribution in [0.4, 0.5) is 0 Å². The van der Waals surface area contributed by atoms with Gasteiger partial charge in [-0.05, 0) is 43.7 Å². The fourth-order valence-corrected chi connectivity index (χ4v) is 2.86. The van der Waals surface area contributed by atoms with Crippen molar-refractivity contribution in [1.29, 1.82) is 0 Å². The molecule has 3 rings (SSSR count). The van der Waals surface area contributed by atoms with Gasteiger partial charge >= 0.3 is 5.71 Å². The van der Waals surface area contributed by atoms with Gasteiger partial charge in [-0.3, -0.25) is 0 Å². The van der Waals surface area contributed by atoms with Crippen molar-refractivity contribution >= 4 is 11.9 Å². The smallest absolute Gasteiger partial charge is 0.0952 e. The van der Waals surface area contributed by atoms with Crippen molar-refractivity contribution in [2.24, 2.45) is 0 Å². The highest BCUT2D eigenvalue weighted by molar-refractivity contribution is 6.08. The fraction of sp³-hybridized carbons (Fsp3) is 0.130. The molecule has 0 amide bonds. The second kappa shape index (κ2) is 7.12. The first-order valence-electron chi connectivity index (χ1n) is 8.25. The van der Waals surface area contributed by atoms with Gasteiger partial charge in [0.05, 0.1) is 16.5 Å². The lowest BCUT2D eigenvalue weighted by Crippen LogP contribution is -2.32. The van der Waals surface area contributed by atoms with E-state index in [9.17, 15) is 0 Å². The van der Waals surface area contributed by atoms with Crippen molar-refractivity contribution in [3.63, 3.8) is 0 Å². The summed E-state index contributed by atoms with van der Waals surface area (Å²) in [5, 5.41) is 0. The number of rotatable bonds is 4. The van der Waals surface area contributed by atoms with Gasteiger partial charge in [0.15, 0.2) is 0 Å². The summed E-state index contributed by atoms with van der Waals surface area (Å²) in [5.74, 6) is 0. The molecule has 0 N–H and O–H groups in total. The first-order valence-corrected chi connectivity index (χ1v) is 8.25. The Morgan fingerprint density at radius 1 is 0.708 bits per heavy atom. The van der Waals surface area contributed by atoms with E-state index in [0.29, 0.717) is 0 Å². The summed E-state index contributed by atoms with van der Waals surface area (Å²) in [5.41, 5.74) is 4.40. The molecule has 0 fully saturated rings. The molecule has 1 heteroatoms. The van der Waals surface area contributed by atoms with Crippen LogP contribution in [0, 0.1) is 0 Å². The van der Waals surface area contributed by atoms with E-state index in [2.05, 4.69) is 80.6 Å². The van der Waals surface area contributed by atoms with E-state index in [1.165, 1.54) is 5.56 Å². The van der Waals surface area contributed by atoms with Crippen molar-refractivity contribution in [3.05, 3.63) is 108 Å². The molecule has 0 aliphatic heterocycles. The largest absolute Gasteiger partial charge is 0.320 e. The van der Waals surface area contributed by atoms with Crippen LogP contribution in [0.3, 0.4) is 0 Å². The zero-order valence-corrected chi connectivity index (χ0v) is 14.2. The third-order valence-corrected chi connectivity index (χ3v) is 4.28. The van der Waals surface area contributed by atoms with Crippen LogP contribution in [0.2, 0.25) is 0 Å². The summed E-state index contributed by atoms with van der Waals surface area (Å²) in [6.07, 6.45) is 1.95. The van der Waals surface area contributed by atoms with E-state index in [-0.39, 0.29) is 5.41 Å². The second-order valence-corrected chi connectivity index (χ2v) is 6.37. The molecule has 0 heterocycles. The van der Waals surface area contributed by atoms with Crippen molar-refractivity contribution in [2.45, 2.75) is 19.3 Å². The third-order valence-electron chi connectivity index (χ3n) is 4.28. The first kappa shape index (κ1) is 16.0. The molecule has 0 aliphatic carbocycles.